The first-order valence-electron chi connectivity index (χ1n) is 8.17. The van der Waals surface area contributed by atoms with Crippen LogP contribution in [0.3, 0.4) is 0 Å². The predicted octanol–water partition coefficient (Wildman–Crippen LogP) is 0.711. The molecular formula is C14H29N3O3S. The Balaban J connectivity index is 1.62. The van der Waals surface area contributed by atoms with Crippen molar-refractivity contribution in [2.45, 2.75) is 45.1 Å². The fourth-order valence-corrected chi connectivity index (χ4v) is 3.86. The lowest BCUT2D eigenvalue weighted by molar-refractivity contribution is 0.145. The highest BCUT2D eigenvalue weighted by Crippen LogP contribution is 2.22. The van der Waals surface area contributed by atoms with Gasteiger partial charge in [-0.3, -0.25) is 0 Å². The first kappa shape index (κ1) is 17.1. The summed E-state index contributed by atoms with van der Waals surface area (Å²) in [7, 11) is -3.31. The van der Waals surface area contributed by atoms with E-state index in [1.807, 2.05) is 6.92 Å². The van der Waals surface area contributed by atoms with Gasteiger partial charge in [0.15, 0.2) is 0 Å². The van der Waals surface area contributed by atoms with Gasteiger partial charge >= 0.3 is 0 Å². The Hall–Kier alpha value is -0.210. The zero-order chi connectivity index (χ0) is 15.1. The van der Waals surface area contributed by atoms with E-state index in [9.17, 15) is 8.42 Å². The van der Waals surface area contributed by atoms with Gasteiger partial charge < -0.3 is 10.1 Å². The highest BCUT2D eigenvalue weighted by molar-refractivity contribution is 7.87. The molecule has 124 valence electrons. The summed E-state index contributed by atoms with van der Waals surface area (Å²) in [6, 6.07) is 0.735. The van der Waals surface area contributed by atoms with Crippen LogP contribution >= 0.6 is 0 Å². The van der Waals surface area contributed by atoms with Crippen molar-refractivity contribution in [1.29, 1.82) is 0 Å². The average molecular weight is 319 g/mol. The molecular weight excluding hydrogens is 290 g/mol. The molecule has 0 aromatic heterocycles. The van der Waals surface area contributed by atoms with E-state index in [2.05, 4.69) is 10.0 Å². The van der Waals surface area contributed by atoms with E-state index in [1.54, 1.807) is 4.31 Å². The largest absolute Gasteiger partial charge is 0.382 e. The van der Waals surface area contributed by atoms with E-state index < -0.39 is 10.2 Å². The van der Waals surface area contributed by atoms with Crippen molar-refractivity contribution < 1.29 is 13.2 Å². The molecule has 2 rings (SSSR count). The van der Waals surface area contributed by atoms with Gasteiger partial charge in [0.2, 0.25) is 0 Å². The van der Waals surface area contributed by atoms with Crippen molar-refractivity contribution in [3.05, 3.63) is 0 Å². The maximum Gasteiger partial charge on any atom is 0.279 e. The third-order valence-corrected chi connectivity index (χ3v) is 5.75. The number of piperidine rings is 1. The predicted molar refractivity (Wildman–Crippen MR) is 83.4 cm³/mol. The maximum absolute atomic E-state index is 12.2. The summed E-state index contributed by atoms with van der Waals surface area (Å²) in [5, 5.41) is 3.54. The minimum absolute atomic E-state index is 0.450. The lowest BCUT2D eigenvalue weighted by Crippen LogP contribution is -2.46. The molecule has 2 aliphatic rings. The Morgan fingerprint density at radius 2 is 1.90 bits per heavy atom. The zero-order valence-electron chi connectivity index (χ0n) is 13.0. The van der Waals surface area contributed by atoms with Gasteiger partial charge in [0.1, 0.15) is 0 Å². The fraction of sp³-hybridized carbons (Fsp3) is 1.00. The summed E-state index contributed by atoms with van der Waals surface area (Å²) >= 11 is 0. The van der Waals surface area contributed by atoms with Crippen LogP contribution in [0.5, 0.6) is 0 Å². The van der Waals surface area contributed by atoms with Gasteiger partial charge in [-0.25, -0.2) is 4.72 Å². The third kappa shape index (κ3) is 6.20. The molecule has 1 aliphatic carbocycles. The molecule has 0 unspecified atom stereocenters. The summed E-state index contributed by atoms with van der Waals surface area (Å²) in [6.45, 7) is 5.98. The van der Waals surface area contributed by atoms with Crippen LogP contribution in [0.2, 0.25) is 0 Å². The minimum atomic E-state index is -3.31. The Bertz CT molecular complexity index is 390. The molecule has 0 amide bonds. The van der Waals surface area contributed by atoms with E-state index >= 15 is 0 Å². The van der Waals surface area contributed by atoms with E-state index in [0.29, 0.717) is 38.8 Å². The molecule has 0 radical (unpaired) electrons. The van der Waals surface area contributed by atoms with Crippen LogP contribution in [0.4, 0.5) is 0 Å². The van der Waals surface area contributed by atoms with Gasteiger partial charge in [0.25, 0.3) is 10.2 Å². The van der Waals surface area contributed by atoms with E-state index in [1.165, 1.54) is 12.8 Å². The molecule has 0 atom stereocenters. The third-order valence-electron chi connectivity index (χ3n) is 4.14. The van der Waals surface area contributed by atoms with Gasteiger partial charge in [-0.05, 0) is 51.5 Å². The topological polar surface area (TPSA) is 70.7 Å². The Labute approximate surface area is 128 Å². The Kier molecular flexibility index (Phi) is 6.88. The molecule has 0 aromatic rings. The normalized spacial score (nSPS) is 21.8. The molecule has 1 aliphatic heterocycles. The second-order valence-electron chi connectivity index (χ2n) is 5.97. The molecule has 21 heavy (non-hydrogen) atoms. The minimum Gasteiger partial charge on any atom is -0.382 e. The summed E-state index contributed by atoms with van der Waals surface area (Å²) in [5.41, 5.74) is 0. The molecule has 2 N–H and O–H groups in total. The molecule has 0 bridgehead atoms. The van der Waals surface area contributed by atoms with E-state index in [-0.39, 0.29) is 0 Å². The van der Waals surface area contributed by atoms with Crippen molar-refractivity contribution in [3.63, 3.8) is 0 Å². The number of nitrogens with one attached hydrogen (secondary N) is 2. The lowest BCUT2D eigenvalue weighted by Gasteiger charge is -2.31. The van der Waals surface area contributed by atoms with E-state index in [0.717, 1.165) is 31.8 Å². The maximum atomic E-state index is 12.2. The summed E-state index contributed by atoms with van der Waals surface area (Å²) < 4.78 is 33.8. The summed E-state index contributed by atoms with van der Waals surface area (Å²) in [6.07, 6.45) is 5.24. The van der Waals surface area contributed by atoms with Crippen LogP contribution in [0.25, 0.3) is 0 Å². The van der Waals surface area contributed by atoms with E-state index in [4.69, 9.17) is 4.74 Å². The highest BCUT2D eigenvalue weighted by Gasteiger charge is 2.28. The molecule has 6 nitrogen and oxygen atoms in total. The molecule has 0 spiro atoms. The van der Waals surface area contributed by atoms with Crippen molar-refractivity contribution in [3.8, 4) is 0 Å². The van der Waals surface area contributed by atoms with Gasteiger partial charge in [-0.15, -0.1) is 0 Å². The molecule has 7 heteroatoms. The Morgan fingerprint density at radius 3 is 2.52 bits per heavy atom. The standard InChI is InChI=1S/C14H29N3O3S/c1-2-20-11-3-8-16-21(18,19)17-9-6-13(7-10-17)12-15-14-4-5-14/h13-16H,2-12H2,1H3. The first-order valence-corrected chi connectivity index (χ1v) is 9.61. The molecule has 1 saturated carbocycles. The summed E-state index contributed by atoms with van der Waals surface area (Å²) in [4.78, 5) is 0. The number of nitrogens with zero attached hydrogens (tertiary/aromatic N) is 1. The van der Waals surface area contributed by atoms with Gasteiger partial charge in [0.05, 0.1) is 0 Å². The second kappa shape index (κ2) is 8.43. The molecule has 2 fully saturated rings. The van der Waals surface area contributed by atoms with Crippen molar-refractivity contribution in [2.75, 3.05) is 39.4 Å². The zero-order valence-corrected chi connectivity index (χ0v) is 13.8. The first-order chi connectivity index (χ1) is 10.1. The second-order valence-corrected chi connectivity index (χ2v) is 7.73. The van der Waals surface area contributed by atoms with Gasteiger partial charge in [0, 0.05) is 38.9 Å². The fourth-order valence-electron chi connectivity index (χ4n) is 2.59. The number of hydrogen-bond donors (Lipinski definition) is 2. The van der Waals surface area contributed by atoms with Crippen LogP contribution < -0.4 is 10.0 Å². The van der Waals surface area contributed by atoms with Gasteiger partial charge in [-0.1, -0.05) is 0 Å². The average Bonchev–Trinajstić information content (AvgIpc) is 3.29. The van der Waals surface area contributed by atoms with Crippen LogP contribution in [0.1, 0.15) is 39.0 Å². The number of hydrogen-bond acceptors (Lipinski definition) is 4. The number of ether oxygens (including phenoxy) is 1. The molecule has 1 heterocycles. The quantitative estimate of drug-likeness (QED) is 0.582. The number of rotatable bonds is 10. The lowest BCUT2D eigenvalue weighted by atomic mass is 9.98. The van der Waals surface area contributed by atoms with Crippen LogP contribution in [-0.4, -0.2) is 58.2 Å². The molecule has 1 saturated heterocycles. The monoisotopic (exact) mass is 319 g/mol. The van der Waals surface area contributed by atoms with Crippen LogP contribution in [0.15, 0.2) is 0 Å². The van der Waals surface area contributed by atoms with Crippen molar-refractivity contribution in [2.24, 2.45) is 5.92 Å². The van der Waals surface area contributed by atoms with Crippen LogP contribution in [0, 0.1) is 5.92 Å². The summed E-state index contributed by atoms with van der Waals surface area (Å²) in [5.74, 6) is 0.620. The smallest absolute Gasteiger partial charge is 0.279 e. The SMILES string of the molecule is CCOCCCNS(=O)(=O)N1CCC(CNC2CC2)CC1. The van der Waals surface area contributed by atoms with Gasteiger partial charge in [-0.2, -0.15) is 12.7 Å². The molecule has 0 aromatic carbocycles. The highest BCUT2D eigenvalue weighted by atomic mass is 32.2. The van der Waals surface area contributed by atoms with Crippen LogP contribution in [-0.2, 0) is 14.9 Å². The Morgan fingerprint density at radius 1 is 1.19 bits per heavy atom. The van der Waals surface area contributed by atoms with Crippen molar-refractivity contribution in [1.82, 2.24) is 14.3 Å². The van der Waals surface area contributed by atoms with Crippen molar-refractivity contribution >= 4 is 10.2 Å².